The Morgan fingerprint density at radius 3 is 1.80 bits per heavy atom. The number of esters is 1. The summed E-state index contributed by atoms with van der Waals surface area (Å²) in [4.78, 5) is 9.68. The summed E-state index contributed by atoms with van der Waals surface area (Å²) in [6.07, 6.45) is 0.469. The van der Waals surface area contributed by atoms with E-state index in [0.29, 0.717) is 6.42 Å². The Kier molecular flexibility index (Phi) is 16.6. The van der Waals surface area contributed by atoms with Gasteiger partial charge in [0.2, 0.25) is 0 Å². The standard InChI is InChI=1S/C4H8O2.3HI.V/c1-3-4(5)6-2;;;;/h3H2,1-2H3;3*1H;/q;;;;+3/p-3. The van der Waals surface area contributed by atoms with Gasteiger partial charge in [-0.1, -0.05) is 6.92 Å². The van der Waals surface area contributed by atoms with E-state index in [-0.39, 0.29) is 10.9 Å². The summed E-state index contributed by atoms with van der Waals surface area (Å²) in [5.74, 6) is -0.157. The quantitative estimate of drug-likeness (QED) is 0.393. The van der Waals surface area contributed by atoms with Gasteiger partial charge in [0.05, 0.1) is 7.11 Å². The molecule has 0 atom stereocenters. The summed E-state index contributed by atoms with van der Waals surface area (Å²) in [6.45, 7) is 1.76. The van der Waals surface area contributed by atoms with Crippen LogP contribution in [0.2, 0.25) is 0 Å². The number of rotatable bonds is 1. The number of ether oxygens (including phenoxy) is 1. The van der Waals surface area contributed by atoms with E-state index in [9.17, 15) is 4.79 Å². The predicted molar refractivity (Wildman–Crippen MR) is 64.4 cm³/mol. The summed E-state index contributed by atoms with van der Waals surface area (Å²) < 4.78 is 4.26. The van der Waals surface area contributed by atoms with Gasteiger partial charge in [0, 0.05) is 6.42 Å². The van der Waals surface area contributed by atoms with Crippen molar-refractivity contribution in [2.45, 2.75) is 13.3 Å². The fourth-order valence-electron chi connectivity index (χ4n) is 0.144. The average Bonchev–Trinajstić information content (AvgIpc) is 1.85. The number of hydrogen-bond acceptors (Lipinski definition) is 2. The zero-order chi connectivity index (χ0) is 8.57. The molecule has 0 saturated carbocycles. The van der Waals surface area contributed by atoms with E-state index in [2.05, 4.69) is 64.7 Å². The van der Waals surface area contributed by atoms with Crippen LogP contribution < -0.4 is 0 Å². The van der Waals surface area contributed by atoms with E-state index in [4.69, 9.17) is 0 Å². The molecule has 0 aromatic heterocycles. The molecule has 2 nitrogen and oxygen atoms in total. The molecule has 6 heteroatoms. The van der Waals surface area contributed by atoms with Crippen molar-refractivity contribution in [1.29, 1.82) is 0 Å². The van der Waals surface area contributed by atoms with Gasteiger partial charge in [-0.2, -0.15) is 0 Å². The first kappa shape index (κ1) is 14.8. The number of carbonyl (C=O) groups is 1. The van der Waals surface area contributed by atoms with Gasteiger partial charge in [-0.05, 0) is 0 Å². The molecule has 0 N–H and O–H groups in total. The third-order valence-electron chi connectivity index (χ3n) is 0.516. The fraction of sp³-hybridized carbons (Fsp3) is 0.750. The Labute approximate surface area is 98.9 Å². The van der Waals surface area contributed by atoms with Gasteiger partial charge < -0.3 is 4.74 Å². The van der Waals surface area contributed by atoms with E-state index < -0.39 is 0 Å². The van der Waals surface area contributed by atoms with Crippen molar-refractivity contribution in [2.24, 2.45) is 0 Å². The van der Waals surface area contributed by atoms with Crippen LogP contribution in [-0.2, 0) is 14.5 Å². The second-order valence-electron chi connectivity index (χ2n) is 1.12. The third-order valence-corrected chi connectivity index (χ3v) is 0.516. The summed E-state index contributed by atoms with van der Waals surface area (Å²) >= 11 is 7.39. The SMILES string of the molecule is CCC(=O)OC.[I][V]([I])[I]. The topological polar surface area (TPSA) is 26.3 Å². The van der Waals surface area contributed by atoms with E-state index in [1.807, 2.05) is 0 Å². The summed E-state index contributed by atoms with van der Waals surface area (Å²) in [5.41, 5.74) is 0. The zero-order valence-electron chi connectivity index (χ0n) is 5.60. The molecule has 0 amide bonds. The van der Waals surface area contributed by atoms with Gasteiger partial charge >= 0.3 is 70.8 Å². The Morgan fingerprint density at radius 2 is 1.80 bits per heavy atom. The first-order chi connectivity index (χ1) is 4.54. The van der Waals surface area contributed by atoms with Crippen LogP contribution in [0.4, 0.5) is 0 Å². The van der Waals surface area contributed by atoms with Crippen LogP contribution in [0.25, 0.3) is 0 Å². The zero-order valence-corrected chi connectivity index (χ0v) is 13.5. The van der Waals surface area contributed by atoms with E-state index in [1.54, 1.807) is 6.92 Å². The summed E-state index contributed by atoms with van der Waals surface area (Å²) in [6, 6.07) is 0. The number of halogens is 3. The number of carbonyl (C=O) groups excluding carboxylic acids is 1. The monoisotopic (exact) mass is 520 g/mol. The van der Waals surface area contributed by atoms with Crippen LogP contribution in [0.15, 0.2) is 0 Å². The van der Waals surface area contributed by atoms with Gasteiger partial charge in [0.15, 0.2) is 0 Å². The molecule has 0 aliphatic carbocycles. The predicted octanol–water partition coefficient (Wildman–Crippen LogP) is 3.22. The van der Waals surface area contributed by atoms with Gasteiger partial charge in [-0.3, -0.25) is 4.79 Å². The molecule has 0 rings (SSSR count). The molecule has 10 heavy (non-hydrogen) atoms. The maximum atomic E-state index is 9.96. The third kappa shape index (κ3) is 22.5. The minimum atomic E-state index is -0.278. The van der Waals surface area contributed by atoms with E-state index in [0.717, 1.165) is 0 Å². The van der Waals surface area contributed by atoms with Crippen LogP contribution in [0, 0.1) is 0 Å². The van der Waals surface area contributed by atoms with Gasteiger partial charge in [-0.25, -0.2) is 0 Å². The second kappa shape index (κ2) is 11.2. The molecule has 0 spiro atoms. The number of hydrogen-bond donors (Lipinski definition) is 0. The molecule has 0 aliphatic rings. The molecular formula is C4H8I3O2V. The maximum absolute atomic E-state index is 9.96. The molecule has 0 fully saturated rings. The van der Waals surface area contributed by atoms with Gasteiger partial charge in [0.1, 0.15) is 0 Å². The van der Waals surface area contributed by atoms with Gasteiger partial charge in [0.25, 0.3) is 0 Å². The van der Waals surface area contributed by atoms with Crippen LogP contribution in [0.5, 0.6) is 0 Å². The molecule has 0 saturated heterocycles. The molecule has 0 radical (unpaired) electrons. The summed E-state index contributed by atoms with van der Waals surface area (Å²) in [7, 11) is 1.38. The van der Waals surface area contributed by atoms with Crippen molar-refractivity contribution in [1.82, 2.24) is 0 Å². The Balaban J connectivity index is 0. The first-order valence-electron chi connectivity index (χ1n) is 2.38. The van der Waals surface area contributed by atoms with Crippen molar-refractivity contribution in [3.05, 3.63) is 0 Å². The molecule has 0 aromatic carbocycles. The van der Waals surface area contributed by atoms with Crippen molar-refractivity contribution in [2.75, 3.05) is 7.11 Å². The summed E-state index contributed by atoms with van der Waals surface area (Å²) in [5, 5.41) is 0. The molecule has 0 bridgehead atoms. The minimum absolute atomic E-state index is 0.157. The average molecular weight is 520 g/mol. The van der Waals surface area contributed by atoms with E-state index in [1.165, 1.54) is 7.11 Å². The first-order valence-corrected chi connectivity index (χ1v) is 15.9. The van der Waals surface area contributed by atoms with Crippen molar-refractivity contribution >= 4 is 65.9 Å². The molecule has 0 aliphatic heterocycles. The van der Waals surface area contributed by atoms with Crippen LogP contribution in [-0.4, -0.2) is 13.1 Å². The second-order valence-corrected chi connectivity index (χ2v) is 36.5. The molecule has 0 aromatic rings. The van der Waals surface area contributed by atoms with Crippen LogP contribution in [0.1, 0.15) is 13.3 Å². The molecular weight excluding hydrogens is 512 g/mol. The Bertz CT molecular complexity index is 79.8. The number of methoxy groups -OCH3 is 1. The normalized spacial score (nSPS) is 8.20. The fourth-order valence-corrected chi connectivity index (χ4v) is 0.144. The van der Waals surface area contributed by atoms with Crippen molar-refractivity contribution in [3.8, 4) is 0 Å². The molecule has 62 valence electrons. The van der Waals surface area contributed by atoms with Crippen LogP contribution >= 0.6 is 59.9 Å². The van der Waals surface area contributed by atoms with E-state index >= 15 is 0 Å². The Morgan fingerprint density at radius 1 is 1.50 bits per heavy atom. The van der Waals surface area contributed by atoms with Crippen molar-refractivity contribution < 1.29 is 14.5 Å². The van der Waals surface area contributed by atoms with Gasteiger partial charge in [-0.15, -0.1) is 0 Å². The Hall–Kier alpha value is 2.24. The molecule has 0 unspecified atom stereocenters. The van der Waals surface area contributed by atoms with Crippen LogP contribution in [0.3, 0.4) is 0 Å². The van der Waals surface area contributed by atoms with Crippen molar-refractivity contribution in [3.63, 3.8) is 0 Å². The molecule has 0 heterocycles.